The minimum atomic E-state index is -0.444. The first-order valence-corrected chi connectivity index (χ1v) is 9.18. The number of carbonyl (C=O) groups is 2. The lowest BCUT2D eigenvalue weighted by atomic mass is 10.1. The van der Waals surface area contributed by atoms with E-state index in [1.807, 2.05) is 45.0 Å². The van der Waals surface area contributed by atoms with E-state index in [0.717, 1.165) is 10.0 Å². The highest BCUT2D eigenvalue weighted by molar-refractivity contribution is 9.10. The third-order valence-electron chi connectivity index (χ3n) is 3.26. The van der Waals surface area contributed by atoms with E-state index in [0.29, 0.717) is 10.6 Å². The molecule has 136 valence electrons. The van der Waals surface area contributed by atoms with E-state index in [-0.39, 0.29) is 11.6 Å². The molecule has 0 aliphatic heterocycles. The Labute approximate surface area is 166 Å². The van der Waals surface area contributed by atoms with E-state index in [1.165, 1.54) is 0 Å². The van der Waals surface area contributed by atoms with E-state index in [4.69, 9.17) is 11.6 Å². The van der Waals surface area contributed by atoms with Crippen LogP contribution in [0.5, 0.6) is 0 Å². The van der Waals surface area contributed by atoms with Gasteiger partial charge in [-0.15, -0.1) is 0 Å². The summed E-state index contributed by atoms with van der Waals surface area (Å²) in [5, 5.41) is 5.86. The molecule has 0 aromatic heterocycles. The number of halogens is 2. The van der Waals surface area contributed by atoms with Crippen molar-refractivity contribution in [3.63, 3.8) is 0 Å². The third-order valence-corrected chi connectivity index (χ3v) is 4.08. The van der Waals surface area contributed by atoms with Crippen molar-refractivity contribution in [2.45, 2.75) is 26.3 Å². The smallest absolute Gasteiger partial charge is 0.268 e. The molecule has 0 bridgehead atoms. The maximum Gasteiger partial charge on any atom is 0.268 e. The molecule has 2 aromatic carbocycles. The summed E-state index contributed by atoms with van der Waals surface area (Å²) in [6.45, 7) is 5.62. The first kappa shape index (κ1) is 20.2. The lowest BCUT2D eigenvalue weighted by Gasteiger charge is -2.22. The van der Waals surface area contributed by atoms with Gasteiger partial charge in [0.15, 0.2) is 0 Å². The van der Waals surface area contributed by atoms with Crippen LogP contribution in [0.25, 0.3) is 6.08 Å². The van der Waals surface area contributed by atoms with Crippen molar-refractivity contribution in [1.82, 2.24) is 10.6 Å². The molecule has 0 unspecified atom stereocenters. The molecule has 0 radical (unpaired) electrons. The van der Waals surface area contributed by atoms with Gasteiger partial charge in [0.1, 0.15) is 5.70 Å². The lowest BCUT2D eigenvalue weighted by molar-refractivity contribution is -0.119. The molecule has 2 N–H and O–H groups in total. The third kappa shape index (κ3) is 6.00. The molecule has 6 heteroatoms. The predicted molar refractivity (Wildman–Crippen MR) is 109 cm³/mol. The van der Waals surface area contributed by atoms with Crippen molar-refractivity contribution in [3.8, 4) is 0 Å². The molecule has 4 nitrogen and oxygen atoms in total. The fraction of sp³-hybridized carbons (Fsp3) is 0.200. The highest BCUT2D eigenvalue weighted by Gasteiger charge is 2.20. The molecule has 0 spiro atoms. The number of hydrogen-bond acceptors (Lipinski definition) is 2. The largest absolute Gasteiger partial charge is 0.346 e. The minimum absolute atomic E-state index is 0.142. The van der Waals surface area contributed by atoms with Gasteiger partial charge in [-0.3, -0.25) is 9.59 Å². The molecule has 0 fully saturated rings. The highest BCUT2D eigenvalue weighted by atomic mass is 79.9. The Morgan fingerprint density at radius 2 is 1.77 bits per heavy atom. The van der Waals surface area contributed by atoms with Crippen LogP contribution in [0.15, 0.2) is 58.7 Å². The van der Waals surface area contributed by atoms with Gasteiger partial charge in [0, 0.05) is 10.0 Å². The number of nitrogens with one attached hydrogen (secondary N) is 2. The zero-order valence-electron chi connectivity index (χ0n) is 14.8. The second kappa shape index (κ2) is 8.52. The Morgan fingerprint density at radius 3 is 2.38 bits per heavy atom. The molecule has 0 saturated carbocycles. The van der Waals surface area contributed by atoms with Gasteiger partial charge in [0.2, 0.25) is 0 Å². The van der Waals surface area contributed by atoms with Gasteiger partial charge in [0.05, 0.1) is 10.6 Å². The van der Waals surface area contributed by atoms with Crippen LogP contribution in [0.1, 0.15) is 36.7 Å². The molecule has 0 aliphatic carbocycles. The molecule has 0 saturated heterocycles. The molecule has 0 atom stereocenters. The van der Waals surface area contributed by atoms with Gasteiger partial charge in [-0.1, -0.05) is 51.8 Å². The molecule has 26 heavy (non-hydrogen) atoms. The van der Waals surface area contributed by atoms with E-state index in [1.54, 1.807) is 30.3 Å². The Balaban J connectivity index is 2.36. The lowest BCUT2D eigenvalue weighted by Crippen LogP contribution is -2.44. The predicted octanol–water partition coefficient (Wildman–Crippen LogP) is 4.79. The van der Waals surface area contributed by atoms with Gasteiger partial charge in [-0.25, -0.2) is 0 Å². The van der Waals surface area contributed by atoms with Gasteiger partial charge in [-0.2, -0.15) is 0 Å². The topological polar surface area (TPSA) is 58.2 Å². The summed E-state index contributed by atoms with van der Waals surface area (Å²) in [7, 11) is 0. The maximum atomic E-state index is 12.7. The fourth-order valence-corrected chi connectivity index (χ4v) is 2.80. The van der Waals surface area contributed by atoms with Crippen LogP contribution >= 0.6 is 27.5 Å². The van der Waals surface area contributed by atoms with Crippen LogP contribution in [-0.2, 0) is 4.79 Å². The second-order valence-electron chi connectivity index (χ2n) is 6.75. The average Bonchev–Trinajstić information content (AvgIpc) is 2.53. The van der Waals surface area contributed by atoms with Gasteiger partial charge >= 0.3 is 0 Å². The fourth-order valence-electron chi connectivity index (χ4n) is 2.16. The molecule has 2 amide bonds. The van der Waals surface area contributed by atoms with Crippen molar-refractivity contribution in [2.24, 2.45) is 0 Å². The Morgan fingerprint density at radius 1 is 1.08 bits per heavy atom. The summed E-state index contributed by atoms with van der Waals surface area (Å²) >= 11 is 9.48. The van der Waals surface area contributed by atoms with Crippen molar-refractivity contribution in [3.05, 3.63) is 74.9 Å². The van der Waals surface area contributed by atoms with Gasteiger partial charge in [-0.05, 0) is 56.7 Å². The SMILES string of the molecule is CC(C)(C)NC(=O)/C(=C/c1cccc(Br)c1)NC(=O)c1ccccc1Cl. The van der Waals surface area contributed by atoms with E-state index >= 15 is 0 Å². The first-order chi connectivity index (χ1) is 12.2. The van der Waals surface area contributed by atoms with Crippen molar-refractivity contribution >= 4 is 45.4 Å². The summed E-state index contributed by atoms with van der Waals surface area (Å²) in [4.78, 5) is 25.2. The zero-order chi connectivity index (χ0) is 19.3. The Hall–Kier alpha value is -2.11. The summed E-state index contributed by atoms with van der Waals surface area (Å²) in [6.07, 6.45) is 1.63. The maximum absolute atomic E-state index is 12.7. The summed E-state index contributed by atoms with van der Waals surface area (Å²) in [5.74, 6) is -0.821. The van der Waals surface area contributed by atoms with Crippen molar-refractivity contribution in [2.75, 3.05) is 0 Å². The summed E-state index contributed by atoms with van der Waals surface area (Å²) in [6, 6.07) is 14.1. The monoisotopic (exact) mass is 434 g/mol. The van der Waals surface area contributed by atoms with Crippen LogP contribution in [0.4, 0.5) is 0 Å². The number of benzene rings is 2. The van der Waals surface area contributed by atoms with Crippen LogP contribution in [0.2, 0.25) is 5.02 Å². The number of rotatable bonds is 4. The molecule has 2 rings (SSSR count). The number of carbonyl (C=O) groups excluding carboxylic acids is 2. The standard InChI is InChI=1S/C20H20BrClN2O2/c1-20(2,3)24-19(26)17(12-13-7-6-8-14(21)11-13)23-18(25)15-9-4-5-10-16(15)22/h4-12H,1-3H3,(H,23,25)(H,24,26)/b17-12-. The first-order valence-electron chi connectivity index (χ1n) is 8.01. The zero-order valence-corrected chi connectivity index (χ0v) is 17.1. The Kier molecular flexibility index (Phi) is 6.62. The highest BCUT2D eigenvalue weighted by Crippen LogP contribution is 2.17. The van der Waals surface area contributed by atoms with Crippen LogP contribution < -0.4 is 10.6 Å². The van der Waals surface area contributed by atoms with Gasteiger partial charge < -0.3 is 10.6 Å². The molecular formula is C20H20BrClN2O2. The van der Waals surface area contributed by atoms with Crippen LogP contribution in [-0.4, -0.2) is 17.4 Å². The van der Waals surface area contributed by atoms with Gasteiger partial charge in [0.25, 0.3) is 11.8 Å². The molecule has 0 aliphatic rings. The summed E-state index contributed by atoms with van der Waals surface area (Å²) < 4.78 is 0.874. The molecular weight excluding hydrogens is 416 g/mol. The van der Waals surface area contributed by atoms with E-state index in [9.17, 15) is 9.59 Å². The van der Waals surface area contributed by atoms with Crippen molar-refractivity contribution < 1.29 is 9.59 Å². The summed E-state index contributed by atoms with van der Waals surface area (Å²) in [5.41, 5.74) is 0.779. The normalized spacial score (nSPS) is 11.8. The molecule has 2 aromatic rings. The minimum Gasteiger partial charge on any atom is -0.346 e. The van der Waals surface area contributed by atoms with Crippen molar-refractivity contribution in [1.29, 1.82) is 0 Å². The van der Waals surface area contributed by atoms with Crippen LogP contribution in [0.3, 0.4) is 0 Å². The average molecular weight is 436 g/mol. The number of amides is 2. The quantitative estimate of drug-likeness (QED) is 0.679. The second-order valence-corrected chi connectivity index (χ2v) is 8.07. The van der Waals surface area contributed by atoms with E-state index < -0.39 is 11.4 Å². The van der Waals surface area contributed by atoms with E-state index in [2.05, 4.69) is 26.6 Å². The Bertz CT molecular complexity index is 857. The molecule has 0 heterocycles. The van der Waals surface area contributed by atoms with Crippen LogP contribution in [0, 0.1) is 0 Å². The number of hydrogen-bond donors (Lipinski definition) is 2.